The first-order valence-corrected chi connectivity index (χ1v) is 5.35. The van der Waals surface area contributed by atoms with E-state index in [0.29, 0.717) is 25.1 Å². The first-order valence-electron chi connectivity index (χ1n) is 5.35. The maximum atomic E-state index is 13.4. The highest BCUT2D eigenvalue weighted by atomic mass is 19.1. The lowest BCUT2D eigenvalue weighted by Crippen LogP contribution is -2.23. The van der Waals surface area contributed by atoms with Crippen molar-refractivity contribution < 1.29 is 14.3 Å². The number of aliphatic carboxylic acids is 1. The molecule has 3 nitrogen and oxygen atoms in total. The lowest BCUT2D eigenvalue weighted by molar-refractivity contribution is -0.141. The molecule has 1 fully saturated rings. The van der Waals surface area contributed by atoms with Crippen molar-refractivity contribution in [2.45, 2.75) is 13.0 Å². The summed E-state index contributed by atoms with van der Waals surface area (Å²) in [5.74, 6) is -1.27. The zero-order valence-electron chi connectivity index (χ0n) is 8.90. The summed E-state index contributed by atoms with van der Waals surface area (Å²) in [6.07, 6.45) is 0.657. The van der Waals surface area contributed by atoms with Crippen LogP contribution >= 0.6 is 0 Å². The topological polar surface area (TPSA) is 40.5 Å². The van der Waals surface area contributed by atoms with Crippen LogP contribution in [-0.4, -0.2) is 29.1 Å². The van der Waals surface area contributed by atoms with Gasteiger partial charge in [0.25, 0.3) is 0 Å². The summed E-state index contributed by atoms with van der Waals surface area (Å²) in [7, 11) is 0. The molecule has 2 rings (SSSR count). The molecule has 86 valence electrons. The summed E-state index contributed by atoms with van der Waals surface area (Å²) in [6.45, 7) is 1.74. The smallest absolute Gasteiger partial charge is 0.307 e. The van der Waals surface area contributed by atoms with Crippen molar-refractivity contribution in [2.24, 2.45) is 5.92 Å². The largest absolute Gasteiger partial charge is 0.481 e. The van der Waals surface area contributed by atoms with Gasteiger partial charge in [-0.1, -0.05) is 18.2 Å². The molecule has 0 amide bonds. The maximum absolute atomic E-state index is 13.4. The van der Waals surface area contributed by atoms with E-state index in [1.807, 2.05) is 4.90 Å². The van der Waals surface area contributed by atoms with Crippen molar-refractivity contribution in [1.29, 1.82) is 0 Å². The van der Waals surface area contributed by atoms with Crippen LogP contribution in [0.25, 0.3) is 0 Å². The highest BCUT2D eigenvalue weighted by Crippen LogP contribution is 2.19. The van der Waals surface area contributed by atoms with Crippen LogP contribution < -0.4 is 0 Å². The monoisotopic (exact) mass is 223 g/mol. The zero-order valence-corrected chi connectivity index (χ0v) is 8.90. The third-order valence-corrected chi connectivity index (χ3v) is 2.97. The molecule has 0 spiro atoms. The number of nitrogens with zero attached hydrogens (tertiary/aromatic N) is 1. The Morgan fingerprint density at radius 2 is 2.25 bits per heavy atom. The predicted octanol–water partition coefficient (Wildman–Crippen LogP) is 1.73. The number of hydrogen-bond donors (Lipinski definition) is 1. The van der Waals surface area contributed by atoms with Crippen molar-refractivity contribution in [3.63, 3.8) is 0 Å². The van der Waals surface area contributed by atoms with Crippen molar-refractivity contribution >= 4 is 5.97 Å². The molecule has 0 aliphatic carbocycles. The van der Waals surface area contributed by atoms with Crippen LogP contribution in [0, 0.1) is 11.7 Å². The van der Waals surface area contributed by atoms with Crippen molar-refractivity contribution in [3.8, 4) is 0 Å². The van der Waals surface area contributed by atoms with Gasteiger partial charge in [-0.15, -0.1) is 0 Å². The van der Waals surface area contributed by atoms with Gasteiger partial charge in [0.15, 0.2) is 0 Å². The first kappa shape index (κ1) is 11.1. The Hall–Kier alpha value is -1.42. The molecule has 0 unspecified atom stereocenters. The van der Waals surface area contributed by atoms with Crippen LogP contribution in [0.15, 0.2) is 24.3 Å². The Balaban J connectivity index is 1.97. The number of benzene rings is 1. The molecule has 1 heterocycles. The van der Waals surface area contributed by atoms with Crippen molar-refractivity contribution in [1.82, 2.24) is 4.90 Å². The Bertz CT molecular complexity index is 394. The van der Waals surface area contributed by atoms with Gasteiger partial charge in [-0.2, -0.15) is 0 Å². The molecular weight excluding hydrogens is 209 g/mol. The number of carbonyl (C=O) groups is 1. The van der Waals surface area contributed by atoms with E-state index in [9.17, 15) is 9.18 Å². The van der Waals surface area contributed by atoms with E-state index in [2.05, 4.69) is 0 Å². The fraction of sp³-hybridized carbons (Fsp3) is 0.417. The van der Waals surface area contributed by atoms with Gasteiger partial charge < -0.3 is 5.11 Å². The molecular formula is C12H14FNO2. The minimum absolute atomic E-state index is 0.221. The highest BCUT2D eigenvalue weighted by Gasteiger charge is 2.28. The van der Waals surface area contributed by atoms with Gasteiger partial charge in [-0.3, -0.25) is 9.69 Å². The van der Waals surface area contributed by atoms with Crippen LogP contribution in [0.4, 0.5) is 4.39 Å². The minimum atomic E-state index is -0.754. The fourth-order valence-electron chi connectivity index (χ4n) is 2.05. The van der Waals surface area contributed by atoms with E-state index in [0.717, 1.165) is 6.54 Å². The Kier molecular flexibility index (Phi) is 3.19. The number of likely N-dealkylation sites (tertiary alicyclic amines) is 1. The third kappa shape index (κ3) is 2.39. The number of rotatable bonds is 3. The van der Waals surface area contributed by atoms with Gasteiger partial charge >= 0.3 is 5.97 Å². The molecule has 1 atom stereocenters. The summed E-state index contributed by atoms with van der Waals surface area (Å²) < 4.78 is 13.4. The first-order chi connectivity index (χ1) is 7.66. The van der Waals surface area contributed by atoms with Gasteiger partial charge in [-0.05, 0) is 19.0 Å². The van der Waals surface area contributed by atoms with E-state index in [1.54, 1.807) is 18.2 Å². The molecule has 16 heavy (non-hydrogen) atoms. The molecule has 1 aliphatic rings. The molecule has 0 saturated carbocycles. The van der Waals surface area contributed by atoms with Gasteiger partial charge in [-0.25, -0.2) is 4.39 Å². The molecule has 0 radical (unpaired) electrons. The second kappa shape index (κ2) is 4.61. The summed E-state index contributed by atoms with van der Waals surface area (Å²) in [4.78, 5) is 12.7. The molecule has 4 heteroatoms. The Morgan fingerprint density at radius 1 is 1.50 bits per heavy atom. The molecule has 1 aromatic carbocycles. The van der Waals surface area contributed by atoms with E-state index in [1.165, 1.54) is 6.07 Å². The van der Waals surface area contributed by atoms with E-state index < -0.39 is 5.97 Å². The van der Waals surface area contributed by atoms with Crippen LogP contribution in [0.1, 0.15) is 12.0 Å². The molecule has 1 aromatic rings. The molecule has 1 N–H and O–H groups in total. The van der Waals surface area contributed by atoms with E-state index in [4.69, 9.17) is 5.11 Å². The molecule has 0 bridgehead atoms. The average Bonchev–Trinajstić information content (AvgIpc) is 2.70. The SMILES string of the molecule is O=C(O)[C@H]1CCN(Cc2ccccc2F)C1. The predicted molar refractivity (Wildman–Crippen MR) is 57.4 cm³/mol. The van der Waals surface area contributed by atoms with Crippen LogP contribution in [0.5, 0.6) is 0 Å². The van der Waals surface area contributed by atoms with Crippen LogP contribution in [0.3, 0.4) is 0 Å². The summed E-state index contributed by atoms with van der Waals surface area (Å²) in [5, 5.41) is 8.85. The number of halogens is 1. The number of carboxylic acids is 1. The van der Waals surface area contributed by atoms with E-state index in [-0.39, 0.29) is 11.7 Å². The molecule has 1 saturated heterocycles. The standard InChI is InChI=1S/C12H14FNO2/c13-11-4-2-1-3-9(11)7-14-6-5-10(8-14)12(15)16/h1-4,10H,5-8H2,(H,15,16)/t10-/m0/s1. The molecule has 1 aliphatic heterocycles. The van der Waals surface area contributed by atoms with Gasteiger partial charge in [0, 0.05) is 18.7 Å². The average molecular weight is 223 g/mol. The van der Waals surface area contributed by atoms with Gasteiger partial charge in [0.2, 0.25) is 0 Å². The maximum Gasteiger partial charge on any atom is 0.307 e. The van der Waals surface area contributed by atoms with Crippen molar-refractivity contribution in [2.75, 3.05) is 13.1 Å². The quantitative estimate of drug-likeness (QED) is 0.848. The third-order valence-electron chi connectivity index (χ3n) is 2.97. The fourth-order valence-corrected chi connectivity index (χ4v) is 2.05. The lowest BCUT2D eigenvalue weighted by Gasteiger charge is -2.15. The highest BCUT2D eigenvalue weighted by molar-refractivity contribution is 5.70. The Morgan fingerprint density at radius 3 is 2.88 bits per heavy atom. The lowest BCUT2D eigenvalue weighted by atomic mass is 10.1. The summed E-state index contributed by atoms with van der Waals surface area (Å²) in [5.41, 5.74) is 0.633. The molecule has 0 aromatic heterocycles. The minimum Gasteiger partial charge on any atom is -0.481 e. The summed E-state index contributed by atoms with van der Waals surface area (Å²) in [6, 6.07) is 6.62. The second-order valence-corrected chi connectivity index (χ2v) is 4.15. The Labute approximate surface area is 93.5 Å². The normalized spacial score (nSPS) is 21.2. The van der Waals surface area contributed by atoms with Gasteiger partial charge in [0.1, 0.15) is 5.82 Å². The van der Waals surface area contributed by atoms with Crippen molar-refractivity contribution in [3.05, 3.63) is 35.6 Å². The summed E-state index contributed by atoms with van der Waals surface area (Å²) >= 11 is 0. The van der Waals surface area contributed by atoms with Crippen LogP contribution in [-0.2, 0) is 11.3 Å². The number of carboxylic acid groups (broad SMARTS) is 1. The van der Waals surface area contributed by atoms with E-state index >= 15 is 0 Å². The second-order valence-electron chi connectivity index (χ2n) is 4.15. The zero-order chi connectivity index (χ0) is 11.5. The van der Waals surface area contributed by atoms with Gasteiger partial charge in [0.05, 0.1) is 5.92 Å². The number of hydrogen-bond acceptors (Lipinski definition) is 2. The van der Waals surface area contributed by atoms with Crippen LogP contribution in [0.2, 0.25) is 0 Å².